The lowest BCUT2D eigenvalue weighted by molar-refractivity contribution is 0.416. The third-order valence-corrected chi connectivity index (χ3v) is 2.18. The van der Waals surface area contributed by atoms with Crippen LogP contribution in [0.2, 0.25) is 0 Å². The average molecular weight is 212 g/mol. The van der Waals surface area contributed by atoms with Gasteiger partial charge in [0.25, 0.3) is 0 Å². The van der Waals surface area contributed by atoms with Crippen molar-refractivity contribution in [3.8, 4) is 0 Å². The van der Waals surface area contributed by atoms with Gasteiger partial charge in [-0.15, -0.1) is 25.0 Å². The van der Waals surface area contributed by atoms with Gasteiger partial charge in [0.15, 0.2) is 0 Å². The van der Waals surface area contributed by atoms with Gasteiger partial charge in [0.05, 0.1) is 0 Å². The Morgan fingerprint density at radius 1 is 1.27 bits per heavy atom. The third-order valence-electron chi connectivity index (χ3n) is 1.93. The van der Waals surface area contributed by atoms with Gasteiger partial charge in [0, 0.05) is 6.04 Å². The molecule has 0 saturated heterocycles. The van der Waals surface area contributed by atoms with Gasteiger partial charge in [-0.25, -0.2) is 0 Å². The first kappa shape index (κ1) is 11.5. The highest BCUT2D eigenvalue weighted by Crippen LogP contribution is 2.17. The molecule has 1 N–H and O–H groups in total. The van der Waals surface area contributed by atoms with E-state index >= 15 is 0 Å². The summed E-state index contributed by atoms with van der Waals surface area (Å²) in [5.41, 5.74) is 0. The molecule has 1 saturated carbocycles. The first-order valence-corrected chi connectivity index (χ1v) is 4.64. The first-order chi connectivity index (χ1) is 4.79. The van der Waals surface area contributed by atoms with Gasteiger partial charge in [-0.3, -0.25) is 0 Å². The summed E-state index contributed by atoms with van der Waals surface area (Å²) in [6.45, 7) is 0. The minimum atomic E-state index is 0. The van der Waals surface area contributed by atoms with E-state index in [9.17, 15) is 0 Å². The van der Waals surface area contributed by atoms with Crippen molar-refractivity contribution in [2.45, 2.75) is 38.1 Å². The molecule has 0 aliphatic heterocycles. The molecule has 4 heteroatoms. The van der Waals surface area contributed by atoms with E-state index in [0.29, 0.717) is 10.4 Å². The Hall–Kier alpha value is 0.530. The van der Waals surface area contributed by atoms with Gasteiger partial charge in [-0.1, -0.05) is 31.5 Å². The Balaban J connectivity index is 0.000001000. The van der Waals surface area contributed by atoms with Crippen molar-refractivity contribution in [1.29, 1.82) is 0 Å². The van der Waals surface area contributed by atoms with Crippen LogP contribution in [0.4, 0.5) is 0 Å². The van der Waals surface area contributed by atoms with Crippen LogP contribution < -0.4 is 5.32 Å². The van der Waals surface area contributed by atoms with Gasteiger partial charge in [-0.2, -0.15) is 0 Å². The summed E-state index contributed by atoms with van der Waals surface area (Å²) in [5, 5.41) is 3.18. The van der Waals surface area contributed by atoms with E-state index in [1.807, 2.05) is 0 Å². The minimum Gasteiger partial charge on any atom is -0.368 e. The lowest BCUT2D eigenvalue weighted by atomic mass is 9.96. The number of thiol groups is 1. The Kier molecular flexibility index (Phi) is 6.38. The molecule has 0 radical (unpaired) electrons. The van der Waals surface area contributed by atoms with Crippen molar-refractivity contribution in [1.82, 2.24) is 5.32 Å². The maximum atomic E-state index is 4.83. The quantitative estimate of drug-likeness (QED) is 0.511. The standard InChI is InChI=1S/C7H13NS2.ClH/c9-7(10)8-6-4-2-1-3-5-6;/h6H,1-5H2,(H2,8,9,10);1H. The summed E-state index contributed by atoms with van der Waals surface area (Å²) in [6, 6.07) is 0.610. The van der Waals surface area contributed by atoms with Gasteiger partial charge in [0.1, 0.15) is 4.32 Å². The van der Waals surface area contributed by atoms with Gasteiger partial charge < -0.3 is 5.32 Å². The van der Waals surface area contributed by atoms with Crippen molar-refractivity contribution in [3.05, 3.63) is 0 Å². The molecule has 11 heavy (non-hydrogen) atoms. The molecular weight excluding hydrogens is 198 g/mol. The molecule has 1 nitrogen and oxygen atoms in total. The van der Waals surface area contributed by atoms with Crippen LogP contribution in [0.1, 0.15) is 32.1 Å². The Labute approximate surface area is 85.1 Å². The number of nitrogens with one attached hydrogen (secondary N) is 1. The number of hydrogen-bond donors (Lipinski definition) is 2. The van der Waals surface area contributed by atoms with Crippen LogP contribution in [-0.4, -0.2) is 10.4 Å². The average Bonchev–Trinajstić information content (AvgIpc) is 1.88. The van der Waals surface area contributed by atoms with E-state index in [4.69, 9.17) is 12.2 Å². The van der Waals surface area contributed by atoms with Crippen LogP contribution in [0.15, 0.2) is 0 Å². The van der Waals surface area contributed by atoms with Gasteiger partial charge >= 0.3 is 0 Å². The van der Waals surface area contributed by atoms with Crippen molar-refractivity contribution in [3.63, 3.8) is 0 Å². The zero-order chi connectivity index (χ0) is 7.40. The molecule has 0 unspecified atom stereocenters. The molecule has 1 rings (SSSR count). The van der Waals surface area contributed by atoms with Gasteiger partial charge in [-0.05, 0) is 12.8 Å². The van der Waals surface area contributed by atoms with Crippen LogP contribution in [0, 0.1) is 0 Å². The monoisotopic (exact) mass is 211 g/mol. The molecule has 0 atom stereocenters. The lowest BCUT2D eigenvalue weighted by Gasteiger charge is -2.22. The third kappa shape index (κ3) is 4.88. The maximum absolute atomic E-state index is 4.83. The van der Waals surface area contributed by atoms with Crippen molar-refractivity contribution >= 4 is 41.6 Å². The molecule has 0 aromatic rings. The van der Waals surface area contributed by atoms with Crippen LogP contribution in [-0.2, 0) is 0 Å². The molecule has 0 spiro atoms. The van der Waals surface area contributed by atoms with E-state index in [2.05, 4.69) is 17.9 Å². The minimum absolute atomic E-state index is 0. The Bertz CT molecular complexity index is 124. The number of thiocarbonyl (C=S) groups is 1. The summed E-state index contributed by atoms with van der Waals surface area (Å²) >= 11 is 8.86. The summed E-state index contributed by atoms with van der Waals surface area (Å²) in [4.78, 5) is 0. The Morgan fingerprint density at radius 3 is 2.27 bits per heavy atom. The molecule has 0 aromatic carbocycles. The second-order valence-electron chi connectivity index (χ2n) is 2.78. The smallest absolute Gasteiger partial charge is 0.130 e. The first-order valence-electron chi connectivity index (χ1n) is 3.78. The van der Waals surface area contributed by atoms with Crippen molar-refractivity contribution in [2.24, 2.45) is 0 Å². The summed E-state index contributed by atoms with van der Waals surface area (Å²) in [6.07, 6.45) is 6.60. The van der Waals surface area contributed by atoms with Crippen molar-refractivity contribution in [2.75, 3.05) is 0 Å². The van der Waals surface area contributed by atoms with E-state index in [1.165, 1.54) is 32.1 Å². The second-order valence-corrected chi connectivity index (χ2v) is 3.94. The lowest BCUT2D eigenvalue weighted by Crippen LogP contribution is -2.32. The van der Waals surface area contributed by atoms with Crippen LogP contribution in [0.5, 0.6) is 0 Å². The topological polar surface area (TPSA) is 12.0 Å². The molecule has 0 bridgehead atoms. The van der Waals surface area contributed by atoms with Crippen LogP contribution >= 0.6 is 37.3 Å². The fourth-order valence-electron chi connectivity index (χ4n) is 1.42. The zero-order valence-electron chi connectivity index (χ0n) is 6.38. The second kappa shape index (κ2) is 6.09. The number of rotatable bonds is 1. The Morgan fingerprint density at radius 2 is 1.82 bits per heavy atom. The van der Waals surface area contributed by atoms with Crippen molar-refractivity contribution < 1.29 is 0 Å². The number of hydrogen-bond acceptors (Lipinski definition) is 1. The predicted molar refractivity (Wildman–Crippen MR) is 58.8 cm³/mol. The predicted octanol–water partition coefficient (Wildman–Crippen LogP) is 2.55. The normalized spacial score (nSPS) is 18.6. The molecule has 0 heterocycles. The highest BCUT2D eigenvalue weighted by Gasteiger charge is 2.12. The molecule has 1 aliphatic rings. The fraction of sp³-hybridized carbons (Fsp3) is 0.857. The SMILES string of the molecule is Cl.S=C(S)NC1CCCCC1. The van der Waals surface area contributed by atoms with E-state index in [0.717, 1.165) is 0 Å². The van der Waals surface area contributed by atoms with E-state index < -0.39 is 0 Å². The van der Waals surface area contributed by atoms with E-state index in [1.54, 1.807) is 0 Å². The maximum Gasteiger partial charge on any atom is 0.130 e. The molecule has 1 aliphatic carbocycles. The van der Waals surface area contributed by atoms with Gasteiger partial charge in [0.2, 0.25) is 0 Å². The molecule has 66 valence electrons. The van der Waals surface area contributed by atoms with Crippen LogP contribution in [0.25, 0.3) is 0 Å². The summed E-state index contributed by atoms with van der Waals surface area (Å²) in [5.74, 6) is 0. The highest BCUT2D eigenvalue weighted by molar-refractivity contribution is 8.11. The number of halogens is 1. The summed E-state index contributed by atoms with van der Waals surface area (Å²) in [7, 11) is 0. The fourth-order valence-corrected chi connectivity index (χ4v) is 1.77. The zero-order valence-corrected chi connectivity index (χ0v) is 8.90. The molecule has 0 amide bonds. The summed E-state index contributed by atoms with van der Waals surface area (Å²) < 4.78 is 0.645. The molecule has 0 aromatic heterocycles. The van der Waals surface area contributed by atoms with E-state index in [-0.39, 0.29) is 12.4 Å². The molecule has 1 fully saturated rings. The largest absolute Gasteiger partial charge is 0.368 e. The highest BCUT2D eigenvalue weighted by atomic mass is 35.5. The van der Waals surface area contributed by atoms with Crippen LogP contribution in [0.3, 0.4) is 0 Å². The molecular formula is C7H14ClNS2.